The molecule has 0 amide bonds. The third-order valence-corrected chi connectivity index (χ3v) is 7.08. The first kappa shape index (κ1) is 21.8. The number of carbonyl (C=O) groups excluding carboxylic acids is 2. The van der Waals surface area contributed by atoms with Crippen molar-refractivity contribution in [1.29, 1.82) is 0 Å². The van der Waals surface area contributed by atoms with E-state index in [0.29, 0.717) is 31.0 Å². The molecule has 29 heavy (non-hydrogen) atoms. The summed E-state index contributed by atoms with van der Waals surface area (Å²) in [7, 11) is 1.45. The van der Waals surface area contributed by atoms with Crippen LogP contribution in [0.3, 0.4) is 0 Å². The van der Waals surface area contributed by atoms with Crippen molar-refractivity contribution in [3.63, 3.8) is 0 Å². The molecular formula is C25H35NO3. The number of allylic oxidation sites excluding steroid dienone is 1. The van der Waals surface area contributed by atoms with Crippen LogP contribution in [-0.4, -0.2) is 36.3 Å². The fourth-order valence-corrected chi connectivity index (χ4v) is 5.81. The number of carbonyl (C=O) groups is 2. The first-order valence-corrected chi connectivity index (χ1v) is 11.0. The molecule has 2 fully saturated rings. The lowest BCUT2D eigenvalue weighted by Crippen LogP contribution is -2.62. The molecule has 2 aliphatic rings. The molecule has 4 heteroatoms. The highest BCUT2D eigenvalue weighted by Gasteiger charge is 2.56. The maximum absolute atomic E-state index is 13.7. The first-order valence-electron chi connectivity index (χ1n) is 11.0. The molecule has 0 spiro atoms. The Hall–Kier alpha value is -1.94. The molecule has 1 aliphatic carbocycles. The number of likely N-dealkylation sites (tertiary alicyclic amines) is 1. The molecule has 4 atom stereocenters. The van der Waals surface area contributed by atoms with Crippen LogP contribution < -0.4 is 0 Å². The standard InChI is InChI=1S/C25H35NO3/c1-4-5-12-23(27)25-13-9-14-26(18-20-10-7-6-8-11-20)22(25)16-19(2)15-21(25)17-24(28)29-3/h4,6-8,10-11,19,21-22H,1,5,9,12-18H2,2-3H3. The number of ketones is 1. The Bertz CT molecular complexity index is 716. The largest absolute Gasteiger partial charge is 0.469 e. The van der Waals surface area contributed by atoms with E-state index >= 15 is 0 Å². The van der Waals surface area contributed by atoms with Crippen molar-refractivity contribution in [2.45, 2.75) is 64.5 Å². The van der Waals surface area contributed by atoms with E-state index in [0.717, 1.165) is 38.8 Å². The monoisotopic (exact) mass is 397 g/mol. The quantitative estimate of drug-likeness (QED) is 0.468. The third-order valence-electron chi connectivity index (χ3n) is 7.08. The smallest absolute Gasteiger partial charge is 0.305 e. The first-order chi connectivity index (χ1) is 14.0. The van der Waals surface area contributed by atoms with Gasteiger partial charge in [0.15, 0.2) is 0 Å². The molecule has 1 aromatic rings. The van der Waals surface area contributed by atoms with Crippen molar-refractivity contribution in [1.82, 2.24) is 4.90 Å². The van der Waals surface area contributed by atoms with E-state index in [1.165, 1.54) is 12.7 Å². The van der Waals surface area contributed by atoms with E-state index < -0.39 is 5.41 Å². The minimum absolute atomic E-state index is 0.0552. The summed E-state index contributed by atoms with van der Waals surface area (Å²) in [6.07, 6.45) is 7.21. The summed E-state index contributed by atoms with van der Waals surface area (Å²) >= 11 is 0. The Balaban J connectivity index is 1.96. The van der Waals surface area contributed by atoms with E-state index in [4.69, 9.17) is 4.74 Å². The minimum atomic E-state index is -0.448. The zero-order valence-electron chi connectivity index (χ0n) is 17.9. The molecule has 1 heterocycles. The third kappa shape index (κ3) is 4.63. The topological polar surface area (TPSA) is 46.6 Å². The highest BCUT2D eigenvalue weighted by Crippen LogP contribution is 2.54. The predicted molar refractivity (Wildman–Crippen MR) is 115 cm³/mol. The number of fused-ring (bicyclic) bond motifs is 1. The molecule has 0 aromatic heterocycles. The Morgan fingerprint density at radius 1 is 1.28 bits per heavy atom. The van der Waals surface area contributed by atoms with E-state index in [1.54, 1.807) is 0 Å². The normalized spacial score (nSPS) is 29.7. The fourth-order valence-electron chi connectivity index (χ4n) is 5.81. The van der Waals surface area contributed by atoms with Crippen LogP contribution in [0.15, 0.2) is 43.0 Å². The van der Waals surface area contributed by atoms with E-state index in [2.05, 4.69) is 42.7 Å². The summed E-state index contributed by atoms with van der Waals surface area (Å²) in [6.45, 7) is 7.94. The Morgan fingerprint density at radius 3 is 2.72 bits per heavy atom. The lowest BCUT2D eigenvalue weighted by molar-refractivity contribution is -0.157. The SMILES string of the molecule is C=CCCC(=O)C12CCCN(Cc3ccccc3)C1CC(C)CC2CC(=O)OC. The van der Waals surface area contributed by atoms with Gasteiger partial charge in [0.05, 0.1) is 7.11 Å². The summed E-state index contributed by atoms with van der Waals surface area (Å²) in [5.74, 6) is 0.672. The molecule has 3 rings (SSSR count). The molecule has 1 saturated carbocycles. The fraction of sp³-hybridized carbons (Fsp3) is 0.600. The number of piperidine rings is 1. The maximum atomic E-state index is 13.7. The van der Waals surface area contributed by atoms with Gasteiger partial charge in [0.25, 0.3) is 0 Å². The number of nitrogens with zero attached hydrogens (tertiary/aromatic N) is 1. The van der Waals surface area contributed by atoms with Gasteiger partial charge in [0, 0.05) is 30.8 Å². The number of ether oxygens (including phenoxy) is 1. The van der Waals surface area contributed by atoms with E-state index in [9.17, 15) is 9.59 Å². The second-order valence-electron chi connectivity index (χ2n) is 8.92. The lowest BCUT2D eigenvalue weighted by Gasteiger charge is -2.57. The van der Waals surface area contributed by atoms with Gasteiger partial charge in [-0.25, -0.2) is 0 Å². The van der Waals surface area contributed by atoms with Crippen LogP contribution in [0.2, 0.25) is 0 Å². The lowest BCUT2D eigenvalue weighted by atomic mass is 9.53. The molecule has 4 unspecified atom stereocenters. The zero-order valence-corrected chi connectivity index (χ0v) is 17.9. The number of Topliss-reactive ketones (excluding diaryl/α,β-unsaturated/α-hetero) is 1. The molecule has 1 aliphatic heterocycles. The Labute approximate surface area is 175 Å². The zero-order chi connectivity index (χ0) is 20.9. The summed E-state index contributed by atoms with van der Waals surface area (Å²) < 4.78 is 5.02. The van der Waals surface area contributed by atoms with Gasteiger partial charge in [-0.05, 0) is 56.0 Å². The molecule has 1 aromatic carbocycles. The van der Waals surface area contributed by atoms with Crippen molar-refractivity contribution in [3.05, 3.63) is 48.6 Å². The van der Waals surface area contributed by atoms with Crippen LogP contribution in [0.1, 0.15) is 57.4 Å². The average molecular weight is 398 g/mol. The predicted octanol–water partition coefficient (Wildman–Crippen LogP) is 4.78. The van der Waals surface area contributed by atoms with Crippen LogP contribution in [-0.2, 0) is 20.9 Å². The van der Waals surface area contributed by atoms with Gasteiger partial charge >= 0.3 is 5.97 Å². The molecule has 0 N–H and O–H groups in total. The Morgan fingerprint density at radius 2 is 2.03 bits per heavy atom. The summed E-state index contributed by atoms with van der Waals surface area (Å²) in [5, 5.41) is 0. The van der Waals surface area contributed by atoms with Crippen LogP contribution in [0, 0.1) is 17.3 Å². The maximum Gasteiger partial charge on any atom is 0.305 e. The number of esters is 1. The van der Waals surface area contributed by atoms with Crippen molar-refractivity contribution < 1.29 is 14.3 Å². The average Bonchev–Trinajstić information content (AvgIpc) is 2.73. The van der Waals surface area contributed by atoms with Gasteiger partial charge < -0.3 is 4.74 Å². The number of benzene rings is 1. The van der Waals surface area contributed by atoms with Crippen molar-refractivity contribution in [3.8, 4) is 0 Å². The number of rotatable bonds is 8. The molecule has 0 radical (unpaired) electrons. The highest BCUT2D eigenvalue weighted by atomic mass is 16.5. The number of hydrogen-bond acceptors (Lipinski definition) is 4. The van der Waals surface area contributed by atoms with Crippen molar-refractivity contribution in [2.75, 3.05) is 13.7 Å². The molecule has 0 bridgehead atoms. The van der Waals surface area contributed by atoms with Gasteiger partial charge in [-0.1, -0.05) is 43.3 Å². The van der Waals surface area contributed by atoms with Gasteiger partial charge in [-0.2, -0.15) is 0 Å². The summed E-state index contributed by atoms with van der Waals surface area (Å²) in [6, 6.07) is 10.7. The van der Waals surface area contributed by atoms with Crippen molar-refractivity contribution in [2.24, 2.45) is 17.3 Å². The van der Waals surface area contributed by atoms with Gasteiger partial charge in [-0.15, -0.1) is 6.58 Å². The second-order valence-corrected chi connectivity index (χ2v) is 8.92. The molecule has 1 saturated heterocycles. The van der Waals surface area contributed by atoms with Gasteiger partial charge in [0.1, 0.15) is 5.78 Å². The second kappa shape index (κ2) is 9.71. The van der Waals surface area contributed by atoms with Gasteiger partial charge in [0.2, 0.25) is 0 Å². The molecule has 158 valence electrons. The molecule has 4 nitrogen and oxygen atoms in total. The highest BCUT2D eigenvalue weighted by molar-refractivity contribution is 5.87. The van der Waals surface area contributed by atoms with Crippen LogP contribution in [0.4, 0.5) is 0 Å². The van der Waals surface area contributed by atoms with Gasteiger partial charge in [-0.3, -0.25) is 14.5 Å². The van der Waals surface area contributed by atoms with Crippen LogP contribution in [0.25, 0.3) is 0 Å². The van der Waals surface area contributed by atoms with Crippen LogP contribution >= 0.6 is 0 Å². The number of methoxy groups -OCH3 is 1. The van der Waals surface area contributed by atoms with E-state index in [1.807, 2.05) is 12.1 Å². The summed E-state index contributed by atoms with van der Waals surface area (Å²) in [4.78, 5) is 28.4. The summed E-state index contributed by atoms with van der Waals surface area (Å²) in [5.41, 5.74) is 0.834. The van der Waals surface area contributed by atoms with E-state index in [-0.39, 0.29) is 17.9 Å². The van der Waals surface area contributed by atoms with Crippen molar-refractivity contribution >= 4 is 11.8 Å². The minimum Gasteiger partial charge on any atom is -0.469 e. The van der Waals surface area contributed by atoms with Crippen LogP contribution in [0.5, 0.6) is 0 Å². The molecular weight excluding hydrogens is 362 g/mol. The number of hydrogen-bond donors (Lipinski definition) is 0. The Kier molecular flexibility index (Phi) is 7.28.